The summed E-state index contributed by atoms with van der Waals surface area (Å²) < 4.78 is 0. The van der Waals surface area contributed by atoms with E-state index in [0.29, 0.717) is 12.6 Å². The highest BCUT2D eigenvalue weighted by Crippen LogP contribution is 2.23. The lowest BCUT2D eigenvalue weighted by molar-refractivity contribution is -0.136. The Morgan fingerprint density at radius 2 is 2.22 bits per heavy atom. The molecule has 6 heteroatoms. The van der Waals surface area contributed by atoms with Crippen LogP contribution in [0, 0.1) is 0 Å². The van der Waals surface area contributed by atoms with Gasteiger partial charge in [0.2, 0.25) is 5.91 Å². The van der Waals surface area contributed by atoms with E-state index in [1.54, 1.807) is 5.38 Å². The van der Waals surface area contributed by atoms with Crippen molar-refractivity contribution in [2.45, 2.75) is 44.3 Å². The molecule has 1 saturated carbocycles. The van der Waals surface area contributed by atoms with Crippen molar-refractivity contribution in [2.75, 3.05) is 6.54 Å². The first-order chi connectivity index (χ1) is 8.72. The molecular formula is C12H17N3O2S. The lowest BCUT2D eigenvalue weighted by Crippen LogP contribution is -2.50. The molecule has 2 fully saturated rings. The summed E-state index contributed by atoms with van der Waals surface area (Å²) >= 11 is 1.15. The number of carbonyl (C=O) groups is 1. The van der Waals surface area contributed by atoms with Crippen LogP contribution in [0.1, 0.15) is 31.4 Å². The second kappa shape index (κ2) is 4.85. The highest BCUT2D eigenvalue weighted by atomic mass is 32.1. The molecule has 2 N–H and O–H groups in total. The number of rotatable bonds is 4. The summed E-state index contributed by atoms with van der Waals surface area (Å²) in [4.78, 5) is 27.9. The molecule has 0 bridgehead atoms. The molecule has 1 aromatic rings. The highest BCUT2D eigenvalue weighted by Gasteiger charge is 2.33. The van der Waals surface area contributed by atoms with Crippen molar-refractivity contribution >= 4 is 17.2 Å². The molecule has 1 aliphatic heterocycles. The van der Waals surface area contributed by atoms with Crippen molar-refractivity contribution in [2.24, 2.45) is 0 Å². The number of piperidine rings is 1. The fraction of sp³-hybridized carbons (Fsp3) is 0.667. The molecule has 0 radical (unpaired) electrons. The number of hydrogen-bond donors (Lipinski definition) is 2. The van der Waals surface area contributed by atoms with Crippen molar-refractivity contribution in [1.29, 1.82) is 0 Å². The molecule has 1 amide bonds. The number of carbonyl (C=O) groups excluding carboxylic acids is 1. The molecule has 1 aliphatic carbocycles. The molecule has 3 rings (SSSR count). The van der Waals surface area contributed by atoms with Crippen LogP contribution in [-0.2, 0) is 11.3 Å². The second-order valence-electron chi connectivity index (χ2n) is 5.07. The Morgan fingerprint density at radius 1 is 1.39 bits per heavy atom. The fourth-order valence-electron chi connectivity index (χ4n) is 2.38. The van der Waals surface area contributed by atoms with Crippen molar-refractivity contribution in [3.63, 3.8) is 0 Å². The first kappa shape index (κ1) is 11.9. The predicted molar refractivity (Wildman–Crippen MR) is 69.5 cm³/mol. The van der Waals surface area contributed by atoms with Crippen LogP contribution >= 0.6 is 11.3 Å². The number of amides is 1. The van der Waals surface area contributed by atoms with E-state index in [1.165, 1.54) is 12.8 Å². The molecule has 2 aliphatic rings. The average molecular weight is 267 g/mol. The van der Waals surface area contributed by atoms with Crippen LogP contribution in [0.25, 0.3) is 0 Å². The average Bonchev–Trinajstić information content (AvgIpc) is 3.07. The second-order valence-corrected chi connectivity index (χ2v) is 5.91. The summed E-state index contributed by atoms with van der Waals surface area (Å²) in [5.74, 6) is 0.181. The minimum atomic E-state index is -0.0536. The van der Waals surface area contributed by atoms with Gasteiger partial charge >= 0.3 is 4.87 Å². The number of likely N-dealkylation sites (tertiary alicyclic amines) is 1. The van der Waals surface area contributed by atoms with Gasteiger partial charge in [-0.3, -0.25) is 9.59 Å². The van der Waals surface area contributed by atoms with Gasteiger partial charge in [-0.1, -0.05) is 11.3 Å². The summed E-state index contributed by atoms with van der Waals surface area (Å²) in [5, 5.41) is 5.20. The Labute approximate surface area is 109 Å². The van der Waals surface area contributed by atoms with Crippen LogP contribution in [0.15, 0.2) is 10.2 Å². The van der Waals surface area contributed by atoms with Crippen molar-refractivity contribution in [3.05, 3.63) is 20.7 Å². The maximum Gasteiger partial charge on any atom is 0.304 e. The third-order valence-corrected chi connectivity index (χ3v) is 4.20. The van der Waals surface area contributed by atoms with Crippen LogP contribution in [-0.4, -0.2) is 34.4 Å². The number of aromatic amines is 1. The van der Waals surface area contributed by atoms with E-state index >= 15 is 0 Å². The van der Waals surface area contributed by atoms with Crippen LogP contribution in [0.3, 0.4) is 0 Å². The van der Waals surface area contributed by atoms with Gasteiger partial charge in [-0.15, -0.1) is 0 Å². The Hall–Kier alpha value is -1.14. The van der Waals surface area contributed by atoms with E-state index in [0.717, 1.165) is 36.4 Å². The number of nitrogens with zero attached hydrogens (tertiary/aromatic N) is 1. The Bertz CT molecular complexity index is 492. The Balaban J connectivity index is 1.63. The monoisotopic (exact) mass is 267 g/mol. The minimum absolute atomic E-state index is 0.0170. The zero-order chi connectivity index (χ0) is 12.5. The van der Waals surface area contributed by atoms with Gasteiger partial charge in [0.1, 0.15) is 0 Å². The summed E-state index contributed by atoms with van der Waals surface area (Å²) in [6.45, 7) is 1.32. The summed E-state index contributed by atoms with van der Waals surface area (Å²) in [6, 6.07) is 0.538. The smallest absolute Gasteiger partial charge is 0.304 e. The van der Waals surface area contributed by atoms with Crippen molar-refractivity contribution in [1.82, 2.24) is 15.2 Å². The van der Waals surface area contributed by atoms with Crippen molar-refractivity contribution in [3.8, 4) is 0 Å². The van der Waals surface area contributed by atoms with E-state index in [-0.39, 0.29) is 16.8 Å². The van der Waals surface area contributed by atoms with Gasteiger partial charge in [-0.25, -0.2) is 0 Å². The van der Waals surface area contributed by atoms with Crippen LogP contribution in [0.5, 0.6) is 0 Å². The third-order valence-electron chi connectivity index (χ3n) is 3.48. The molecule has 18 heavy (non-hydrogen) atoms. The summed E-state index contributed by atoms with van der Waals surface area (Å²) in [7, 11) is 0. The number of hydrogen-bond acceptors (Lipinski definition) is 4. The molecule has 1 aromatic heterocycles. The maximum atomic E-state index is 12.3. The first-order valence-corrected chi connectivity index (χ1v) is 7.32. The molecule has 1 atom stereocenters. The van der Waals surface area contributed by atoms with Gasteiger partial charge in [0.15, 0.2) is 0 Å². The van der Waals surface area contributed by atoms with Gasteiger partial charge in [0.25, 0.3) is 0 Å². The van der Waals surface area contributed by atoms with Crippen LogP contribution < -0.4 is 10.2 Å². The fourth-order valence-corrected chi connectivity index (χ4v) is 2.96. The largest absolute Gasteiger partial charge is 0.335 e. The number of H-pyrrole nitrogens is 1. The number of aromatic nitrogens is 1. The maximum absolute atomic E-state index is 12.3. The summed E-state index contributed by atoms with van der Waals surface area (Å²) in [5.41, 5.74) is 0.838. The van der Waals surface area contributed by atoms with E-state index in [2.05, 4.69) is 10.3 Å². The summed E-state index contributed by atoms with van der Waals surface area (Å²) in [6.07, 6.45) is 4.36. The van der Waals surface area contributed by atoms with E-state index in [9.17, 15) is 9.59 Å². The first-order valence-electron chi connectivity index (χ1n) is 6.44. The lowest BCUT2D eigenvalue weighted by Gasteiger charge is -2.32. The molecule has 98 valence electrons. The van der Waals surface area contributed by atoms with Gasteiger partial charge in [0.05, 0.1) is 12.6 Å². The van der Waals surface area contributed by atoms with Gasteiger partial charge in [-0.05, 0) is 25.7 Å². The van der Waals surface area contributed by atoms with Gasteiger partial charge in [-0.2, -0.15) is 0 Å². The zero-order valence-corrected chi connectivity index (χ0v) is 11.0. The van der Waals surface area contributed by atoms with Crippen LogP contribution in [0.2, 0.25) is 0 Å². The number of thiazole rings is 1. The topological polar surface area (TPSA) is 65.2 Å². The zero-order valence-electron chi connectivity index (χ0n) is 10.1. The molecule has 1 saturated heterocycles. The molecule has 1 unspecified atom stereocenters. The van der Waals surface area contributed by atoms with E-state index in [4.69, 9.17) is 0 Å². The quantitative estimate of drug-likeness (QED) is 0.843. The third kappa shape index (κ3) is 2.64. The molecule has 0 spiro atoms. The lowest BCUT2D eigenvalue weighted by atomic mass is 10.0. The van der Waals surface area contributed by atoms with Gasteiger partial charge < -0.3 is 15.2 Å². The Morgan fingerprint density at radius 3 is 2.89 bits per heavy atom. The minimum Gasteiger partial charge on any atom is -0.335 e. The molecular weight excluding hydrogens is 250 g/mol. The SMILES string of the molecule is O=C1C(NC2CC2)CCCN1Cc1csc(=O)[nH]1. The van der Waals surface area contributed by atoms with Gasteiger partial charge in [0, 0.05) is 23.7 Å². The van der Waals surface area contributed by atoms with E-state index in [1.807, 2.05) is 4.90 Å². The normalized spacial score (nSPS) is 24.6. The van der Waals surface area contributed by atoms with Crippen LogP contribution in [0.4, 0.5) is 0 Å². The molecule has 0 aromatic carbocycles. The standard InChI is InChI=1S/C12H17N3O2S/c16-11-10(13-8-3-4-8)2-1-5-15(11)6-9-7-18-12(17)14-9/h7-8,10,13H,1-6H2,(H,14,17). The molecule has 2 heterocycles. The predicted octanol–water partition coefficient (Wildman–Crippen LogP) is 0.679. The van der Waals surface area contributed by atoms with E-state index < -0.39 is 0 Å². The van der Waals surface area contributed by atoms with Crippen molar-refractivity contribution < 1.29 is 4.79 Å². The molecule has 5 nitrogen and oxygen atoms in total. The Kier molecular flexibility index (Phi) is 3.22. The number of nitrogens with one attached hydrogen (secondary N) is 2. The highest BCUT2D eigenvalue weighted by molar-refractivity contribution is 7.07.